The van der Waals surface area contributed by atoms with Crippen molar-refractivity contribution in [2.24, 2.45) is 4.99 Å². The van der Waals surface area contributed by atoms with Crippen molar-refractivity contribution >= 4 is 11.6 Å². The van der Waals surface area contributed by atoms with Gasteiger partial charge in [-0.25, -0.2) is 0 Å². The number of hydrogen-bond donors (Lipinski definition) is 2. The highest BCUT2D eigenvalue weighted by atomic mass is 16.7. The highest BCUT2D eigenvalue weighted by Crippen LogP contribution is 2.32. The lowest BCUT2D eigenvalue weighted by Gasteiger charge is -2.12. The minimum atomic E-state index is -0.379. The molecule has 1 aliphatic rings. The van der Waals surface area contributed by atoms with Crippen LogP contribution in [0.5, 0.6) is 11.5 Å². The van der Waals surface area contributed by atoms with Crippen LogP contribution in [0.15, 0.2) is 47.5 Å². The van der Waals surface area contributed by atoms with E-state index in [1.165, 1.54) is 0 Å². The molecule has 2 aromatic rings. The first kappa shape index (κ1) is 19.5. The molecule has 0 aliphatic carbocycles. The van der Waals surface area contributed by atoms with E-state index in [9.17, 15) is 10.1 Å². The van der Waals surface area contributed by atoms with E-state index in [1.807, 2.05) is 30.3 Å². The minimum absolute atomic E-state index is 0.128. The lowest BCUT2D eigenvalue weighted by molar-refractivity contribution is -0.384. The van der Waals surface area contributed by atoms with Gasteiger partial charge in [0, 0.05) is 32.3 Å². The molecule has 8 heteroatoms. The fourth-order valence-corrected chi connectivity index (χ4v) is 2.90. The summed E-state index contributed by atoms with van der Waals surface area (Å²) in [6.07, 6.45) is 2.86. The standard InChI is InChI=1S/C20H24N4O4/c1-21-20(23-13-16-7-10-18-19(12-16)28-14-27-18)22-11-3-2-4-15-5-8-17(9-6-15)24(25)26/h5-10,12H,2-4,11,13-14H2,1H3,(H2,21,22,23). The third-order valence-corrected chi connectivity index (χ3v) is 4.45. The van der Waals surface area contributed by atoms with Crippen LogP contribution in [0, 0.1) is 10.1 Å². The van der Waals surface area contributed by atoms with Gasteiger partial charge >= 0.3 is 0 Å². The second-order valence-electron chi connectivity index (χ2n) is 6.42. The number of rotatable bonds is 8. The van der Waals surface area contributed by atoms with E-state index in [2.05, 4.69) is 15.6 Å². The van der Waals surface area contributed by atoms with Crippen molar-refractivity contribution in [2.45, 2.75) is 25.8 Å². The monoisotopic (exact) mass is 384 g/mol. The Hall–Kier alpha value is -3.29. The number of fused-ring (bicyclic) bond motifs is 1. The Morgan fingerprint density at radius 3 is 2.57 bits per heavy atom. The molecule has 0 atom stereocenters. The maximum atomic E-state index is 10.7. The Balaban J connectivity index is 1.34. The molecule has 1 aliphatic heterocycles. The molecule has 0 aromatic heterocycles. The number of aryl methyl sites for hydroxylation is 1. The van der Waals surface area contributed by atoms with E-state index in [0.717, 1.165) is 54.4 Å². The molecule has 28 heavy (non-hydrogen) atoms. The fourth-order valence-electron chi connectivity index (χ4n) is 2.90. The number of nitro benzene ring substituents is 1. The van der Waals surface area contributed by atoms with Gasteiger partial charge in [-0.15, -0.1) is 0 Å². The second-order valence-corrected chi connectivity index (χ2v) is 6.42. The summed E-state index contributed by atoms with van der Waals surface area (Å²) in [7, 11) is 1.74. The number of benzene rings is 2. The quantitative estimate of drug-likeness (QED) is 0.239. The maximum Gasteiger partial charge on any atom is 0.269 e. The molecule has 0 radical (unpaired) electrons. The van der Waals surface area contributed by atoms with E-state index < -0.39 is 0 Å². The Morgan fingerprint density at radius 2 is 1.82 bits per heavy atom. The molecule has 0 amide bonds. The van der Waals surface area contributed by atoms with Crippen LogP contribution >= 0.6 is 0 Å². The summed E-state index contributed by atoms with van der Waals surface area (Å²) in [6, 6.07) is 12.6. The molecular formula is C20H24N4O4. The van der Waals surface area contributed by atoms with Gasteiger partial charge in [-0.2, -0.15) is 0 Å². The van der Waals surface area contributed by atoms with E-state index >= 15 is 0 Å². The molecule has 0 spiro atoms. The van der Waals surface area contributed by atoms with Crippen LogP contribution in [0.3, 0.4) is 0 Å². The highest BCUT2D eigenvalue weighted by molar-refractivity contribution is 5.79. The maximum absolute atomic E-state index is 10.7. The van der Waals surface area contributed by atoms with Gasteiger partial charge in [0.1, 0.15) is 0 Å². The number of unbranched alkanes of at least 4 members (excludes halogenated alkanes) is 1. The smallest absolute Gasteiger partial charge is 0.269 e. The van der Waals surface area contributed by atoms with Gasteiger partial charge in [-0.1, -0.05) is 18.2 Å². The lowest BCUT2D eigenvalue weighted by Crippen LogP contribution is -2.37. The summed E-state index contributed by atoms with van der Waals surface area (Å²) in [4.78, 5) is 14.5. The lowest BCUT2D eigenvalue weighted by atomic mass is 10.1. The van der Waals surface area contributed by atoms with E-state index in [1.54, 1.807) is 19.2 Å². The summed E-state index contributed by atoms with van der Waals surface area (Å²) >= 11 is 0. The summed E-state index contributed by atoms with van der Waals surface area (Å²) in [6.45, 7) is 1.71. The average molecular weight is 384 g/mol. The van der Waals surface area contributed by atoms with Crippen molar-refractivity contribution in [2.75, 3.05) is 20.4 Å². The molecule has 0 unspecified atom stereocenters. The number of nitrogens with zero attached hydrogens (tertiary/aromatic N) is 2. The normalized spacial score (nSPS) is 12.7. The predicted octanol–water partition coefficient (Wildman–Crippen LogP) is 3.01. The summed E-state index contributed by atoms with van der Waals surface area (Å²) in [5, 5.41) is 17.2. The molecular weight excluding hydrogens is 360 g/mol. The second kappa shape index (κ2) is 9.59. The molecule has 0 bridgehead atoms. The highest BCUT2D eigenvalue weighted by Gasteiger charge is 2.13. The SMILES string of the molecule is CN=C(NCCCCc1ccc([N+](=O)[O-])cc1)NCc1ccc2c(c1)OCO2. The molecule has 1 heterocycles. The Morgan fingerprint density at radius 1 is 1.07 bits per heavy atom. The Kier molecular flexibility index (Phi) is 6.67. The third-order valence-electron chi connectivity index (χ3n) is 4.45. The van der Waals surface area contributed by atoms with Crippen molar-refractivity contribution in [3.05, 3.63) is 63.7 Å². The van der Waals surface area contributed by atoms with Crippen molar-refractivity contribution in [1.82, 2.24) is 10.6 Å². The summed E-state index contributed by atoms with van der Waals surface area (Å²) in [5.74, 6) is 2.29. The number of aliphatic imine (C=N–C) groups is 1. The number of nitrogens with one attached hydrogen (secondary N) is 2. The van der Waals surface area contributed by atoms with Gasteiger partial charge in [0.2, 0.25) is 6.79 Å². The number of hydrogen-bond acceptors (Lipinski definition) is 5. The van der Waals surface area contributed by atoms with Gasteiger partial charge in [0.15, 0.2) is 17.5 Å². The Labute approximate surface area is 163 Å². The van der Waals surface area contributed by atoms with E-state index in [4.69, 9.17) is 9.47 Å². The zero-order valence-corrected chi connectivity index (χ0v) is 15.8. The van der Waals surface area contributed by atoms with Crippen LogP contribution in [-0.4, -0.2) is 31.3 Å². The fraction of sp³-hybridized carbons (Fsp3) is 0.350. The van der Waals surface area contributed by atoms with Gasteiger partial charge in [-0.05, 0) is 42.5 Å². The van der Waals surface area contributed by atoms with Gasteiger partial charge < -0.3 is 20.1 Å². The van der Waals surface area contributed by atoms with Gasteiger partial charge in [0.05, 0.1) is 4.92 Å². The van der Waals surface area contributed by atoms with Gasteiger partial charge in [-0.3, -0.25) is 15.1 Å². The summed E-state index contributed by atoms with van der Waals surface area (Å²) < 4.78 is 10.7. The minimum Gasteiger partial charge on any atom is -0.454 e. The number of non-ortho nitro benzene ring substituents is 1. The largest absolute Gasteiger partial charge is 0.454 e. The van der Waals surface area contributed by atoms with Crippen molar-refractivity contribution in [3.8, 4) is 11.5 Å². The van der Waals surface area contributed by atoms with Crippen LogP contribution in [0.25, 0.3) is 0 Å². The third kappa shape index (κ3) is 5.35. The first-order valence-corrected chi connectivity index (χ1v) is 9.22. The van der Waals surface area contributed by atoms with Crippen LogP contribution < -0.4 is 20.1 Å². The Bertz CT molecular complexity index is 837. The van der Waals surface area contributed by atoms with Crippen molar-refractivity contribution < 1.29 is 14.4 Å². The molecule has 0 fully saturated rings. The number of guanidine groups is 1. The zero-order chi connectivity index (χ0) is 19.8. The molecule has 3 rings (SSSR count). The van der Waals surface area contributed by atoms with Crippen LogP contribution in [-0.2, 0) is 13.0 Å². The van der Waals surface area contributed by atoms with E-state index in [-0.39, 0.29) is 17.4 Å². The molecule has 2 N–H and O–H groups in total. The van der Waals surface area contributed by atoms with E-state index in [0.29, 0.717) is 6.54 Å². The van der Waals surface area contributed by atoms with Gasteiger partial charge in [0.25, 0.3) is 5.69 Å². The summed E-state index contributed by atoms with van der Waals surface area (Å²) in [5.41, 5.74) is 2.32. The first-order valence-electron chi connectivity index (χ1n) is 9.22. The topological polar surface area (TPSA) is 98.0 Å². The van der Waals surface area contributed by atoms with Crippen LogP contribution in [0.2, 0.25) is 0 Å². The molecule has 0 saturated carbocycles. The van der Waals surface area contributed by atoms with Crippen molar-refractivity contribution in [3.63, 3.8) is 0 Å². The number of nitro groups is 1. The molecule has 8 nitrogen and oxygen atoms in total. The average Bonchev–Trinajstić information content (AvgIpc) is 3.18. The first-order chi connectivity index (χ1) is 13.7. The molecule has 2 aromatic carbocycles. The molecule has 0 saturated heterocycles. The van der Waals surface area contributed by atoms with Crippen LogP contribution in [0.1, 0.15) is 24.0 Å². The zero-order valence-electron chi connectivity index (χ0n) is 15.8. The predicted molar refractivity (Wildman–Crippen MR) is 107 cm³/mol. The van der Waals surface area contributed by atoms with Crippen molar-refractivity contribution in [1.29, 1.82) is 0 Å². The number of ether oxygens (including phenoxy) is 2. The molecule has 148 valence electrons. The van der Waals surface area contributed by atoms with Crippen LogP contribution in [0.4, 0.5) is 5.69 Å².